The molecule has 0 saturated heterocycles. The number of hydrogen-bond acceptors (Lipinski definition) is 7. The molecule has 2 rings (SSSR count). The first-order valence-corrected chi connectivity index (χ1v) is 10.1. The predicted molar refractivity (Wildman–Crippen MR) is 110 cm³/mol. The summed E-state index contributed by atoms with van der Waals surface area (Å²) >= 11 is 1.19. The molecule has 1 aromatic carbocycles. The molecule has 0 fully saturated rings. The molecule has 10 heteroatoms. The Balaban J connectivity index is 1.82. The molecule has 2 aromatic rings. The molecule has 1 N–H and O–H groups in total. The van der Waals surface area contributed by atoms with Gasteiger partial charge in [-0.05, 0) is 26.0 Å². The molecule has 0 saturated carbocycles. The van der Waals surface area contributed by atoms with E-state index in [1.54, 1.807) is 25.6 Å². The second kappa shape index (κ2) is 10.6. The van der Waals surface area contributed by atoms with Gasteiger partial charge in [-0.3, -0.25) is 14.4 Å². The molecule has 0 bridgehead atoms. The summed E-state index contributed by atoms with van der Waals surface area (Å²) < 4.78 is 6.55. The van der Waals surface area contributed by atoms with E-state index in [1.165, 1.54) is 16.7 Å². The number of nitrogens with one attached hydrogen (secondary N) is 1. The number of anilines is 1. The number of aromatic nitrogens is 3. The van der Waals surface area contributed by atoms with Crippen molar-refractivity contribution < 1.29 is 19.1 Å². The van der Waals surface area contributed by atoms with Crippen molar-refractivity contribution in [2.45, 2.75) is 25.4 Å². The normalized spacial score (nSPS) is 10.5. The van der Waals surface area contributed by atoms with E-state index in [0.29, 0.717) is 23.3 Å². The minimum absolute atomic E-state index is 0.0188. The van der Waals surface area contributed by atoms with Crippen LogP contribution in [0.25, 0.3) is 0 Å². The van der Waals surface area contributed by atoms with Crippen LogP contribution in [0.5, 0.6) is 0 Å². The van der Waals surface area contributed by atoms with Crippen molar-refractivity contribution in [2.75, 3.05) is 31.3 Å². The summed E-state index contributed by atoms with van der Waals surface area (Å²) in [5.41, 5.74) is 1.78. The Morgan fingerprint density at radius 2 is 1.90 bits per heavy atom. The van der Waals surface area contributed by atoms with Crippen molar-refractivity contribution in [1.29, 1.82) is 0 Å². The molecule has 1 heterocycles. The highest BCUT2D eigenvalue weighted by Gasteiger charge is 2.17. The number of esters is 1. The monoisotopic (exact) mass is 419 g/mol. The quantitative estimate of drug-likeness (QED) is 0.484. The van der Waals surface area contributed by atoms with Gasteiger partial charge in [0.1, 0.15) is 12.2 Å². The Hall–Kier alpha value is -2.88. The Kier molecular flexibility index (Phi) is 8.20. The Labute approximate surface area is 173 Å². The van der Waals surface area contributed by atoms with Crippen molar-refractivity contribution in [3.8, 4) is 0 Å². The largest absolute Gasteiger partial charge is 0.466 e. The van der Waals surface area contributed by atoms with Crippen molar-refractivity contribution in [1.82, 2.24) is 19.7 Å². The summed E-state index contributed by atoms with van der Waals surface area (Å²) in [5, 5.41) is 11.2. The summed E-state index contributed by atoms with van der Waals surface area (Å²) in [5.74, 6) is -0.312. The molecule has 0 aliphatic rings. The van der Waals surface area contributed by atoms with Crippen LogP contribution in [0, 0.1) is 6.92 Å². The second-order valence-corrected chi connectivity index (χ2v) is 7.33. The van der Waals surface area contributed by atoms with Crippen LogP contribution >= 0.6 is 11.8 Å². The maximum absolute atomic E-state index is 12.3. The number of hydrogen-bond donors (Lipinski definition) is 1. The topological polar surface area (TPSA) is 106 Å². The van der Waals surface area contributed by atoms with Crippen LogP contribution in [0.4, 0.5) is 5.69 Å². The Morgan fingerprint density at radius 1 is 1.21 bits per heavy atom. The van der Waals surface area contributed by atoms with Crippen LogP contribution in [0.3, 0.4) is 0 Å². The molecular weight excluding hydrogens is 394 g/mol. The number of nitrogens with zero attached hydrogens (tertiary/aromatic N) is 4. The summed E-state index contributed by atoms with van der Waals surface area (Å²) in [6.45, 7) is 3.95. The van der Waals surface area contributed by atoms with Crippen molar-refractivity contribution in [2.24, 2.45) is 7.05 Å². The number of carbonyl (C=O) groups excluding carboxylic acids is 3. The van der Waals surface area contributed by atoms with Gasteiger partial charge in [-0.15, -0.1) is 10.2 Å². The zero-order valence-corrected chi connectivity index (χ0v) is 17.8. The van der Waals surface area contributed by atoms with E-state index in [2.05, 4.69) is 15.5 Å². The maximum atomic E-state index is 12.3. The summed E-state index contributed by atoms with van der Waals surface area (Å²) in [4.78, 5) is 37.4. The standard InChI is InChI=1S/C19H25N5O4S/c1-5-28-18(27)10-15-21-22-19(24(15)4)29-12-17(26)23(3)11-16(25)20-14-8-6-13(2)7-9-14/h6-9H,5,10-12H2,1-4H3,(H,20,25). The van der Waals surface area contributed by atoms with Crippen LogP contribution in [0.2, 0.25) is 0 Å². The molecule has 29 heavy (non-hydrogen) atoms. The SMILES string of the molecule is CCOC(=O)Cc1nnc(SCC(=O)N(C)CC(=O)Nc2ccc(C)cc2)n1C. The van der Waals surface area contributed by atoms with Gasteiger partial charge in [-0.2, -0.15) is 0 Å². The van der Waals surface area contributed by atoms with Gasteiger partial charge in [0, 0.05) is 19.8 Å². The minimum Gasteiger partial charge on any atom is -0.466 e. The van der Waals surface area contributed by atoms with E-state index in [4.69, 9.17) is 4.74 Å². The molecule has 0 atom stereocenters. The van der Waals surface area contributed by atoms with E-state index in [-0.39, 0.29) is 36.5 Å². The second-order valence-electron chi connectivity index (χ2n) is 6.39. The number of benzene rings is 1. The van der Waals surface area contributed by atoms with E-state index >= 15 is 0 Å². The third-order valence-electron chi connectivity index (χ3n) is 4.00. The third kappa shape index (κ3) is 6.90. The Morgan fingerprint density at radius 3 is 2.55 bits per heavy atom. The lowest BCUT2D eigenvalue weighted by Crippen LogP contribution is -2.36. The number of aryl methyl sites for hydroxylation is 1. The number of amides is 2. The van der Waals surface area contributed by atoms with Gasteiger partial charge in [-0.25, -0.2) is 0 Å². The number of carbonyl (C=O) groups is 3. The van der Waals surface area contributed by atoms with Crippen molar-refractivity contribution >= 4 is 35.2 Å². The van der Waals surface area contributed by atoms with Gasteiger partial charge >= 0.3 is 5.97 Å². The highest BCUT2D eigenvalue weighted by molar-refractivity contribution is 7.99. The fourth-order valence-corrected chi connectivity index (χ4v) is 3.21. The summed E-state index contributed by atoms with van der Waals surface area (Å²) in [7, 11) is 3.29. The molecule has 2 amide bonds. The van der Waals surface area contributed by atoms with Gasteiger partial charge in [0.25, 0.3) is 0 Å². The van der Waals surface area contributed by atoms with Crippen LogP contribution in [0.1, 0.15) is 18.3 Å². The highest BCUT2D eigenvalue weighted by atomic mass is 32.2. The van der Waals surface area contributed by atoms with Gasteiger partial charge in [0.15, 0.2) is 5.16 Å². The first-order valence-electron chi connectivity index (χ1n) is 9.07. The molecular formula is C19H25N5O4S. The third-order valence-corrected chi connectivity index (χ3v) is 5.00. The molecule has 156 valence electrons. The molecule has 0 radical (unpaired) electrons. The maximum Gasteiger partial charge on any atom is 0.313 e. The fourth-order valence-electron chi connectivity index (χ4n) is 2.34. The Bertz CT molecular complexity index is 866. The molecule has 0 unspecified atom stereocenters. The summed E-state index contributed by atoms with van der Waals surface area (Å²) in [6, 6.07) is 7.43. The zero-order valence-electron chi connectivity index (χ0n) is 17.0. The predicted octanol–water partition coefficient (Wildman–Crippen LogP) is 1.42. The average molecular weight is 420 g/mol. The number of thioether (sulfide) groups is 1. The van der Waals surface area contributed by atoms with Gasteiger partial charge < -0.3 is 19.5 Å². The summed E-state index contributed by atoms with van der Waals surface area (Å²) in [6.07, 6.45) is 0.0188. The highest BCUT2D eigenvalue weighted by Crippen LogP contribution is 2.16. The van der Waals surface area contributed by atoms with Crippen LogP contribution in [-0.4, -0.2) is 63.4 Å². The molecule has 0 aliphatic carbocycles. The number of likely N-dealkylation sites (N-methyl/N-ethyl adjacent to an activating group) is 1. The number of rotatable bonds is 9. The van der Waals surface area contributed by atoms with Gasteiger partial charge in [-0.1, -0.05) is 29.5 Å². The molecule has 1 aromatic heterocycles. The van der Waals surface area contributed by atoms with Gasteiger partial charge in [0.05, 0.1) is 18.9 Å². The van der Waals surface area contributed by atoms with E-state index < -0.39 is 0 Å². The van der Waals surface area contributed by atoms with Crippen LogP contribution in [0.15, 0.2) is 29.4 Å². The van der Waals surface area contributed by atoms with E-state index in [9.17, 15) is 14.4 Å². The zero-order chi connectivity index (χ0) is 21.4. The van der Waals surface area contributed by atoms with E-state index in [1.807, 2.05) is 31.2 Å². The smallest absolute Gasteiger partial charge is 0.313 e. The van der Waals surface area contributed by atoms with Crippen LogP contribution in [-0.2, 0) is 32.6 Å². The van der Waals surface area contributed by atoms with Gasteiger partial charge in [0.2, 0.25) is 11.8 Å². The van der Waals surface area contributed by atoms with Crippen LogP contribution < -0.4 is 5.32 Å². The lowest BCUT2D eigenvalue weighted by Gasteiger charge is -2.16. The number of ether oxygens (including phenoxy) is 1. The van der Waals surface area contributed by atoms with Crippen molar-refractivity contribution in [3.63, 3.8) is 0 Å². The first kappa shape index (κ1) is 22.4. The minimum atomic E-state index is -0.380. The van der Waals surface area contributed by atoms with Crippen molar-refractivity contribution in [3.05, 3.63) is 35.7 Å². The lowest BCUT2D eigenvalue weighted by atomic mass is 10.2. The molecule has 0 aliphatic heterocycles. The average Bonchev–Trinajstić information content (AvgIpc) is 3.01. The first-order chi connectivity index (χ1) is 13.8. The molecule has 9 nitrogen and oxygen atoms in total. The lowest BCUT2D eigenvalue weighted by molar-refractivity contribution is -0.142. The fraction of sp³-hybridized carbons (Fsp3) is 0.421. The van der Waals surface area contributed by atoms with E-state index in [0.717, 1.165) is 5.56 Å². The molecule has 0 spiro atoms.